The highest BCUT2D eigenvalue weighted by molar-refractivity contribution is 7.91. The van der Waals surface area contributed by atoms with Crippen LogP contribution in [0.25, 0.3) is 0 Å². The van der Waals surface area contributed by atoms with Crippen molar-refractivity contribution in [2.45, 2.75) is 22.1 Å². The number of hydrogen-bond donors (Lipinski definition) is 1. The topological polar surface area (TPSA) is 63.2 Å². The van der Waals surface area contributed by atoms with Crippen LogP contribution in [0, 0.1) is 11.6 Å². The van der Waals surface area contributed by atoms with Gasteiger partial charge in [0.25, 0.3) is 0 Å². The highest BCUT2D eigenvalue weighted by Gasteiger charge is 2.35. The molecule has 4 nitrogen and oxygen atoms in total. The van der Waals surface area contributed by atoms with Crippen LogP contribution in [-0.4, -0.2) is 14.3 Å². The Bertz CT molecular complexity index is 1140. The molecule has 0 spiro atoms. The lowest BCUT2D eigenvalue weighted by Gasteiger charge is -2.24. The minimum absolute atomic E-state index is 0.0384. The van der Waals surface area contributed by atoms with Gasteiger partial charge in [-0.05, 0) is 23.8 Å². The van der Waals surface area contributed by atoms with Crippen LogP contribution in [0.4, 0.5) is 14.5 Å². The van der Waals surface area contributed by atoms with Gasteiger partial charge < -0.3 is 5.32 Å². The van der Waals surface area contributed by atoms with Crippen LogP contribution in [0.15, 0.2) is 63.7 Å². The van der Waals surface area contributed by atoms with Crippen molar-refractivity contribution in [3.63, 3.8) is 0 Å². The van der Waals surface area contributed by atoms with Crippen LogP contribution < -0.4 is 5.32 Å². The van der Waals surface area contributed by atoms with E-state index in [-0.39, 0.29) is 27.5 Å². The Morgan fingerprint density at radius 2 is 1.78 bits per heavy atom. The number of nitrogens with one attached hydrogen (secondary N) is 1. The fourth-order valence-corrected chi connectivity index (χ4v) is 6.09. The van der Waals surface area contributed by atoms with E-state index < -0.39 is 33.3 Å². The highest BCUT2D eigenvalue weighted by atomic mass is 32.2. The molecular formula is C19H13F2NO3S2. The summed E-state index contributed by atoms with van der Waals surface area (Å²) in [5.74, 6) is -3.22. The van der Waals surface area contributed by atoms with Crippen molar-refractivity contribution < 1.29 is 22.0 Å². The van der Waals surface area contributed by atoms with Crippen molar-refractivity contribution in [2.75, 3.05) is 5.32 Å². The first kappa shape index (κ1) is 17.8. The van der Waals surface area contributed by atoms with Crippen molar-refractivity contribution in [1.29, 1.82) is 0 Å². The van der Waals surface area contributed by atoms with Gasteiger partial charge in [0.15, 0.2) is 11.6 Å². The number of rotatable bonds is 3. The van der Waals surface area contributed by atoms with Crippen LogP contribution in [0.5, 0.6) is 0 Å². The molecule has 0 aliphatic carbocycles. The number of benzene rings is 2. The molecule has 4 rings (SSSR count). The second kappa shape index (κ2) is 6.54. The van der Waals surface area contributed by atoms with E-state index in [0.29, 0.717) is 4.88 Å². The number of hydrogen-bond acceptors (Lipinski definition) is 4. The Labute approximate surface area is 158 Å². The quantitative estimate of drug-likeness (QED) is 0.705. The number of fused-ring (bicyclic) bond motifs is 1. The molecule has 8 heteroatoms. The molecule has 2 heterocycles. The zero-order valence-corrected chi connectivity index (χ0v) is 15.4. The van der Waals surface area contributed by atoms with E-state index in [4.69, 9.17) is 0 Å². The molecule has 0 radical (unpaired) electrons. The van der Waals surface area contributed by atoms with E-state index in [1.54, 1.807) is 18.2 Å². The largest absolute Gasteiger partial charge is 0.324 e. The summed E-state index contributed by atoms with van der Waals surface area (Å²) in [6, 6.07) is 11.6. The van der Waals surface area contributed by atoms with E-state index in [2.05, 4.69) is 5.32 Å². The van der Waals surface area contributed by atoms with Crippen LogP contribution in [0.3, 0.4) is 0 Å². The zero-order valence-electron chi connectivity index (χ0n) is 13.8. The minimum atomic E-state index is -3.86. The molecule has 0 bridgehead atoms. The molecule has 0 fully saturated rings. The molecular weight excluding hydrogens is 392 g/mol. The van der Waals surface area contributed by atoms with Gasteiger partial charge in [0.2, 0.25) is 15.7 Å². The van der Waals surface area contributed by atoms with Crippen molar-refractivity contribution in [2.24, 2.45) is 0 Å². The number of anilines is 1. The Hall–Kier alpha value is -2.58. The molecule has 1 aromatic heterocycles. The first-order chi connectivity index (χ1) is 12.9. The van der Waals surface area contributed by atoms with E-state index in [0.717, 1.165) is 17.4 Å². The molecule has 1 aliphatic heterocycles. The molecule has 1 aliphatic rings. The summed E-state index contributed by atoms with van der Waals surface area (Å²) >= 11 is 1.11. The van der Waals surface area contributed by atoms with Crippen LogP contribution >= 0.6 is 11.3 Å². The molecule has 0 saturated carbocycles. The fraction of sp³-hybridized carbons (Fsp3) is 0.105. The second-order valence-electron chi connectivity index (χ2n) is 6.10. The third-order valence-corrected chi connectivity index (χ3v) is 7.50. The van der Waals surface area contributed by atoms with Crippen molar-refractivity contribution in [1.82, 2.24) is 0 Å². The molecule has 2 aromatic carbocycles. The van der Waals surface area contributed by atoms with Crippen LogP contribution in [-0.2, 0) is 14.6 Å². The number of halogens is 2. The summed E-state index contributed by atoms with van der Waals surface area (Å²) < 4.78 is 53.9. The van der Waals surface area contributed by atoms with Gasteiger partial charge in [-0.2, -0.15) is 0 Å². The maximum atomic E-state index is 14.3. The Balaban J connectivity index is 1.87. The van der Waals surface area contributed by atoms with Gasteiger partial charge in [0, 0.05) is 22.6 Å². The summed E-state index contributed by atoms with van der Waals surface area (Å²) in [5.41, 5.74) is 0.186. The summed E-state index contributed by atoms with van der Waals surface area (Å²) in [4.78, 5) is 12.8. The lowest BCUT2D eigenvalue weighted by atomic mass is 9.90. The minimum Gasteiger partial charge on any atom is -0.324 e. The Morgan fingerprint density at radius 3 is 2.52 bits per heavy atom. The number of amides is 1. The molecule has 27 heavy (non-hydrogen) atoms. The first-order valence-electron chi connectivity index (χ1n) is 8.05. The summed E-state index contributed by atoms with van der Waals surface area (Å²) in [6.07, 6.45) is -0.0846. The van der Waals surface area contributed by atoms with Crippen molar-refractivity contribution in [3.05, 3.63) is 76.0 Å². The predicted octanol–water partition coefficient (Wildman–Crippen LogP) is 4.33. The Kier molecular flexibility index (Phi) is 4.32. The summed E-state index contributed by atoms with van der Waals surface area (Å²) in [7, 11) is -3.86. The number of carbonyl (C=O) groups is 1. The van der Waals surface area contributed by atoms with Gasteiger partial charge in [-0.3, -0.25) is 4.79 Å². The lowest BCUT2D eigenvalue weighted by Crippen LogP contribution is -2.24. The number of thiophene rings is 1. The molecule has 0 saturated heterocycles. The average Bonchev–Trinajstić information content (AvgIpc) is 3.08. The van der Waals surface area contributed by atoms with Gasteiger partial charge in [0.1, 0.15) is 4.90 Å². The predicted molar refractivity (Wildman–Crippen MR) is 97.7 cm³/mol. The van der Waals surface area contributed by atoms with Gasteiger partial charge in [-0.15, -0.1) is 11.3 Å². The van der Waals surface area contributed by atoms with E-state index >= 15 is 0 Å². The standard InChI is InChI=1S/C19H13F2NO3S2/c20-14-8-4-7-12(17(14)21)13-9-16(23)22-18-15(10-26-19(13)18)27(24,25)11-5-2-1-3-6-11/h1-8,10,13H,9H2,(H,22,23). The second-order valence-corrected chi connectivity index (χ2v) is 8.93. The van der Waals surface area contributed by atoms with Crippen LogP contribution in [0.2, 0.25) is 0 Å². The van der Waals surface area contributed by atoms with Gasteiger partial charge in [-0.25, -0.2) is 17.2 Å². The maximum Gasteiger partial charge on any atom is 0.225 e. The SMILES string of the molecule is O=C1CC(c2cccc(F)c2F)c2scc(S(=O)(=O)c3ccccc3)c2N1. The van der Waals surface area contributed by atoms with Crippen molar-refractivity contribution in [3.8, 4) is 0 Å². The number of sulfone groups is 1. The lowest BCUT2D eigenvalue weighted by molar-refractivity contribution is -0.116. The third-order valence-electron chi connectivity index (χ3n) is 4.46. The fourth-order valence-electron chi connectivity index (χ4n) is 3.17. The average molecular weight is 405 g/mol. The van der Waals surface area contributed by atoms with E-state index in [9.17, 15) is 22.0 Å². The van der Waals surface area contributed by atoms with Crippen LogP contribution in [0.1, 0.15) is 22.8 Å². The summed E-state index contributed by atoms with van der Waals surface area (Å²) in [6.45, 7) is 0. The highest BCUT2D eigenvalue weighted by Crippen LogP contribution is 2.46. The van der Waals surface area contributed by atoms with E-state index in [1.165, 1.54) is 29.6 Å². The molecule has 1 unspecified atom stereocenters. The van der Waals surface area contributed by atoms with Crippen molar-refractivity contribution >= 4 is 32.8 Å². The van der Waals surface area contributed by atoms with Gasteiger partial charge in [-0.1, -0.05) is 30.3 Å². The summed E-state index contributed by atoms with van der Waals surface area (Å²) in [5, 5.41) is 4.03. The maximum absolute atomic E-state index is 14.3. The Morgan fingerprint density at radius 1 is 1.04 bits per heavy atom. The normalized spacial score (nSPS) is 16.7. The van der Waals surface area contributed by atoms with Gasteiger partial charge in [0.05, 0.1) is 10.6 Å². The molecule has 1 atom stereocenters. The van der Waals surface area contributed by atoms with Gasteiger partial charge >= 0.3 is 0 Å². The molecule has 3 aromatic rings. The number of carbonyl (C=O) groups excluding carboxylic acids is 1. The zero-order chi connectivity index (χ0) is 19.2. The first-order valence-corrected chi connectivity index (χ1v) is 10.4. The molecule has 1 N–H and O–H groups in total. The smallest absolute Gasteiger partial charge is 0.225 e. The van der Waals surface area contributed by atoms with E-state index in [1.807, 2.05) is 0 Å². The monoisotopic (exact) mass is 405 g/mol. The molecule has 1 amide bonds. The third kappa shape index (κ3) is 2.94. The molecule has 138 valence electrons.